The minimum absolute atomic E-state index is 0.482. The molecule has 158 valence electrons. The molecule has 4 rings (SSSR count). The van der Waals surface area contributed by atoms with Gasteiger partial charge in [-0.05, 0) is 44.0 Å². The number of hydrogen-bond acceptors (Lipinski definition) is 3. The zero-order valence-electron chi connectivity index (χ0n) is 17.8. The molecule has 0 aliphatic rings. The summed E-state index contributed by atoms with van der Waals surface area (Å²) in [5.74, 6) is 0.423. The Morgan fingerprint density at radius 3 is 2.48 bits per heavy atom. The van der Waals surface area contributed by atoms with E-state index in [0.29, 0.717) is 12.2 Å². The molecule has 1 aromatic heterocycles. The number of hydrogen-bond donors (Lipinski definition) is 1. The normalized spacial score (nSPS) is 12.1. The van der Waals surface area contributed by atoms with E-state index in [1.54, 1.807) is 6.07 Å². The maximum Gasteiger partial charge on any atom is 0.344 e. The molecule has 5 nitrogen and oxygen atoms in total. The van der Waals surface area contributed by atoms with E-state index in [4.69, 9.17) is 9.72 Å². The number of carboxylic acids is 1. The van der Waals surface area contributed by atoms with Crippen LogP contribution >= 0.6 is 0 Å². The largest absolute Gasteiger partial charge is 0.479 e. The van der Waals surface area contributed by atoms with Crippen LogP contribution in [0.25, 0.3) is 28.1 Å². The number of carboxylic acid groups (broad SMARTS) is 1. The molecule has 0 fully saturated rings. The minimum Gasteiger partial charge on any atom is -0.479 e. The van der Waals surface area contributed by atoms with Gasteiger partial charge in [0.25, 0.3) is 0 Å². The van der Waals surface area contributed by atoms with Gasteiger partial charge in [0.1, 0.15) is 11.6 Å². The number of aromatic nitrogens is 2. The Kier molecular flexibility index (Phi) is 6.03. The van der Waals surface area contributed by atoms with Crippen LogP contribution in [0.3, 0.4) is 0 Å². The highest BCUT2D eigenvalue weighted by atomic mass is 16.5. The number of unbranched alkanes of at least 4 members (excludes halogenated alkanes) is 1. The Hall–Kier alpha value is -3.60. The summed E-state index contributed by atoms with van der Waals surface area (Å²) in [6.45, 7) is 4.10. The lowest BCUT2D eigenvalue weighted by molar-refractivity contribution is -0.145. The molecule has 1 N–H and O–H groups in total. The summed E-state index contributed by atoms with van der Waals surface area (Å²) >= 11 is 0. The maximum atomic E-state index is 11.6. The molecule has 31 heavy (non-hydrogen) atoms. The van der Waals surface area contributed by atoms with E-state index in [1.807, 2.05) is 49.4 Å². The van der Waals surface area contributed by atoms with Crippen LogP contribution in [0.2, 0.25) is 0 Å². The lowest BCUT2D eigenvalue weighted by Gasteiger charge is -2.15. The Balaban J connectivity index is 1.83. The van der Waals surface area contributed by atoms with E-state index >= 15 is 0 Å². The molecule has 3 aromatic carbocycles. The zero-order chi connectivity index (χ0) is 21.8. The van der Waals surface area contributed by atoms with E-state index in [0.717, 1.165) is 41.0 Å². The van der Waals surface area contributed by atoms with Gasteiger partial charge >= 0.3 is 5.97 Å². The monoisotopic (exact) mass is 414 g/mol. The topological polar surface area (TPSA) is 64.4 Å². The molecule has 1 heterocycles. The predicted molar refractivity (Wildman–Crippen MR) is 123 cm³/mol. The summed E-state index contributed by atoms with van der Waals surface area (Å²) in [6.07, 6.45) is 1.35. The average molecular weight is 415 g/mol. The molecule has 0 amide bonds. The molecule has 0 radical (unpaired) electrons. The van der Waals surface area contributed by atoms with E-state index in [2.05, 4.69) is 35.8 Å². The Labute approximate surface area is 181 Å². The average Bonchev–Trinajstić information content (AvgIpc) is 3.16. The van der Waals surface area contributed by atoms with E-state index in [1.165, 1.54) is 5.56 Å². The fourth-order valence-electron chi connectivity index (χ4n) is 3.65. The maximum absolute atomic E-state index is 11.6. The fourth-order valence-corrected chi connectivity index (χ4v) is 3.65. The molecule has 4 aromatic rings. The van der Waals surface area contributed by atoms with Crippen molar-refractivity contribution in [2.45, 2.75) is 39.2 Å². The second kappa shape index (κ2) is 9.04. The number of ether oxygens (including phenoxy) is 1. The van der Waals surface area contributed by atoms with Crippen LogP contribution in [0.1, 0.15) is 31.7 Å². The molecule has 5 heteroatoms. The van der Waals surface area contributed by atoms with E-state index in [9.17, 15) is 9.90 Å². The standard InChI is InChI=1S/C26H26N2O3/c1-3-4-10-24(26(29)30)31-21-15-16-22-23(17-21)28(20-13-11-18(2)12-14-20)25(27-22)19-8-6-5-7-9-19/h5-9,11-17,24H,3-4,10H2,1-2H3,(H,29,30). The van der Waals surface area contributed by atoms with Crippen LogP contribution in [-0.2, 0) is 4.79 Å². The number of aliphatic carboxylic acids is 1. The SMILES string of the molecule is CCCCC(Oc1ccc2nc(-c3ccccc3)n(-c3ccc(C)cc3)c2c1)C(=O)O. The highest BCUT2D eigenvalue weighted by molar-refractivity contribution is 5.84. The molecule has 0 aliphatic heterocycles. The van der Waals surface area contributed by atoms with Gasteiger partial charge in [-0.25, -0.2) is 9.78 Å². The smallest absolute Gasteiger partial charge is 0.344 e. The summed E-state index contributed by atoms with van der Waals surface area (Å²) in [7, 11) is 0. The number of fused-ring (bicyclic) bond motifs is 1. The van der Waals surface area contributed by atoms with Crippen molar-refractivity contribution in [3.8, 4) is 22.8 Å². The van der Waals surface area contributed by atoms with Crippen LogP contribution in [0.4, 0.5) is 0 Å². The molecular formula is C26H26N2O3. The molecule has 0 saturated heterocycles. The van der Waals surface area contributed by atoms with Gasteiger partial charge in [0.15, 0.2) is 6.10 Å². The van der Waals surface area contributed by atoms with Crippen molar-refractivity contribution in [3.05, 3.63) is 78.4 Å². The summed E-state index contributed by atoms with van der Waals surface area (Å²) < 4.78 is 7.97. The first kappa shape index (κ1) is 20.7. The van der Waals surface area contributed by atoms with Gasteiger partial charge in [-0.1, -0.05) is 61.4 Å². The van der Waals surface area contributed by atoms with Crippen LogP contribution in [0, 0.1) is 6.92 Å². The second-order valence-corrected chi connectivity index (χ2v) is 7.71. The van der Waals surface area contributed by atoms with Gasteiger partial charge in [0, 0.05) is 17.3 Å². The molecule has 0 bridgehead atoms. The van der Waals surface area contributed by atoms with Crippen LogP contribution in [0.15, 0.2) is 72.8 Å². The molecule has 0 saturated carbocycles. The highest BCUT2D eigenvalue weighted by Gasteiger charge is 2.20. The Bertz CT molecular complexity index is 1180. The quantitative estimate of drug-likeness (QED) is 0.383. The second-order valence-electron chi connectivity index (χ2n) is 7.71. The number of carbonyl (C=O) groups is 1. The van der Waals surface area contributed by atoms with Crippen molar-refractivity contribution in [2.24, 2.45) is 0 Å². The van der Waals surface area contributed by atoms with Gasteiger partial charge in [0.2, 0.25) is 0 Å². The molecule has 0 spiro atoms. The number of rotatable bonds is 8. The summed E-state index contributed by atoms with van der Waals surface area (Å²) in [4.78, 5) is 16.5. The van der Waals surface area contributed by atoms with Crippen molar-refractivity contribution in [1.29, 1.82) is 0 Å². The Morgan fingerprint density at radius 2 is 1.81 bits per heavy atom. The van der Waals surface area contributed by atoms with Gasteiger partial charge in [0.05, 0.1) is 11.0 Å². The van der Waals surface area contributed by atoms with Gasteiger partial charge < -0.3 is 9.84 Å². The van der Waals surface area contributed by atoms with Crippen LogP contribution in [0.5, 0.6) is 5.75 Å². The first-order chi connectivity index (χ1) is 15.1. The van der Waals surface area contributed by atoms with Gasteiger partial charge in [-0.2, -0.15) is 0 Å². The third-order valence-electron chi connectivity index (χ3n) is 5.32. The van der Waals surface area contributed by atoms with Crippen molar-refractivity contribution in [1.82, 2.24) is 9.55 Å². The fraction of sp³-hybridized carbons (Fsp3) is 0.231. The molecule has 1 unspecified atom stereocenters. The molecule has 1 atom stereocenters. The summed E-state index contributed by atoms with van der Waals surface area (Å²) in [5, 5.41) is 9.54. The number of benzene rings is 3. The van der Waals surface area contributed by atoms with Crippen molar-refractivity contribution in [2.75, 3.05) is 0 Å². The third kappa shape index (κ3) is 4.45. The van der Waals surface area contributed by atoms with Crippen LogP contribution in [-0.4, -0.2) is 26.7 Å². The zero-order valence-corrected chi connectivity index (χ0v) is 17.8. The number of imidazole rings is 1. The summed E-state index contributed by atoms with van der Waals surface area (Å²) in [5.41, 5.74) is 4.88. The minimum atomic E-state index is -0.939. The summed E-state index contributed by atoms with van der Waals surface area (Å²) in [6, 6.07) is 23.9. The lowest BCUT2D eigenvalue weighted by atomic mass is 10.1. The molecule has 0 aliphatic carbocycles. The Morgan fingerprint density at radius 1 is 1.06 bits per heavy atom. The predicted octanol–water partition coefficient (Wildman–Crippen LogP) is 6.02. The third-order valence-corrected chi connectivity index (χ3v) is 5.32. The van der Waals surface area contributed by atoms with Crippen LogP contribution < -0.4 is 4.74 Å². The highest BCUT2D eigenvalue weighted by Crippen LogP contribution is 2.31. The van der Waals surface area contributed by atoms with E-state index in [-0.39, 0.29) is 0 Å². The van der Waals surface area contributed by atoms with Gasteiger partial charge in [-0.15, -0.1) is 0 Å². The lowest BCUT2D eigenvalue weighted by Crippen LogP contribution is -2.26. The van der Waals surface area contributed by atoms with E-state index < -0.39 is 12.1 Å². The number of aryl methyl sites for hydroxylation is 1. The van der Waals surface area contributed by atoms with Crippen molar-refractivity contribution < 1.29 is 14.6 Å². The molecular weight excluding hydrogens is 388 g/mol. The first-order valence-corrected chi connectivity index (χ1v) is 10.6. The van der Waals surface area contributed by atoms with Gasteiger partial charge in [-0.3, -0.25) is 4.57 Å². The number of nitrogens with zero attached hydrogens (tertiary/aromatic N) is 2. The van der Waals surface area contributed by atoms with Crippen molar-refractivity contribution in [3.63, 3.8) is 0 Å². The first-order valence-electron chi connectivity index (χ1n) is 10.6. The van der Waals surface area contributed by atoms with Crippen molar-refractivity contribution >= 4 is 17.0 Å².